The molecule has 0 radical (unpaired) electrons. The first-order chi connectivity index (χ1) is 14.8. The van der Waals surface area contributed by atoms with Crippen molar-refractivity contribution < 1.29 is 4.79 Å². The Hall–Kier alpha value is -3.41. The molecule has 1 aromatic heterocycles. The second kappa shape index (κ2) is 8.14. The van der Waals surface area contributed by atoms with Crippen LogP contribution < -0.4 is 15.1 Å². The molecule has 2 aromatic carbocycles. The monoisotopic (exact) mass is 399 g/mol. The molecule has 1 amide bonds. The van der Waals surface area contributed by atoms with Crippen molar-refractivity contribution in [2.75, 3.05) is 34.8 Å². The molecule has 3 aromatic rings. The summed E-state index contributed by atoms with van der Waals surface area (Å²) in [5.41, 5.74) is 4.90. The summed E-state index contributed by atoms with van der Waals surface area (Å²) >= 11 is 0. The maximum atomic E-state index is 13.0. The smallest absolute Gasteiger partial charge is 0.261 e. The van der Waals surface area contributed by atoms with Gasteiger partial charge in [-0.15, -0.1) is 0 Å². The van der Waals surface area contributed by atoms with Crippen LogP contribution in [0.1, 0.15) is 35.2 Å². The van der Waals surface area contributed by atoms with E-state index >= 15 is 0 Å². The van der Waals surface area contributed by atoms with Gasteiger partial charge >= 0.3 is 0 Å². The number of aromatic nitrogens is 2. The van der Waals surface area contributed by atoms with E-state index in [1.807, 2.05) is 35.2 Å². The number of rotatable bonds is 4. The number of aryl methyl sites for hydroxylation is 1. The number of nitrogens with zero attached hydrogens (tertiary/aromatic N) is 4. The summed E-state index contributed by atoms with van der Waals surface area (Å²) in [5, 5.41) is 3.22. The Labute approximate surface area is 176 Å². The number of hydrogen-bond acceptors (Lipinski definition) is 5. The minimum absolute atomic E-state index is 0.0522. The number of para-hydroxylation sites is 1. The number of carbonyl (C=O) groups excluding carboxylic acids is 1. The minimum Gasteiger partial charge on any atom is -0.372 e. The van der Waals surface area contributed by atoms with Crippen LogP contribution in [0.2, 0.25) is 0 Å². The maximum absolute atomic E-state index is 13.0. The topological polar surface area (TPSA) is 61.4 Å². The quantitative estimate of drug-likeness (QED) is 0.704. The van der Waals surface area contributed by atoms with Crippen molar-refractivity contribution in [1.82, 2.24) is 9.97 Å². The molecule has 6 heteroatoms. The molecular weight excluding hydrogens is 374 g/mol. The van der Waals surface area contributed by atoms with Crippen molar-refractivity contribution in [2.45, 2.75) is 25.7 Å². The van der Waals surface area contributed by atoms with E-state index in [0.29, 0.717) is 11.5 Å². The van der Waals surface area contributed by atoms with Gasteiger partial charge in [0.05, 0.1) is 5.56 Å². The van der Waals surface area contributed by atoms with Gasteiger partial charge in [0, 0.05) is 49.1 Å². The van der Waals surface area contributed by atoms with Gasteiger partial charge in [0.1, 0.15) is 0 Å². The lowest BCUT2D eigenvalue weighted by Gasteiger charge is -2.29. The van der Waals surface area contributed by atoms with Crippen molar-refractivity contribution in [3.05, 3.63) is 72.1 Å². The summed E-state index contributed by atoms with van der Waals surface area (Å²) in [5.74, 6) is 0.434. The number of benzene rings is 2. The van der Waals surface area contributed by atoms with Crippen LogP contribution in [0.15, 0.2) is 60.9 Å². The van der Waals surface area contributed by atoms with Gasteiger partial charge in [0.15, 0.2) is 0 Å². The highest BCUT2D eigenvalue weighted by Crippen LogP contribution is 2.28. The first-order valence-electron chi connectivity index (χ1n) is 10.6. The van der Waals surface area contributed by atoms with Gasteiger partial charge in [0.2, 0.25) is 5.95 Å². The normalized spacial score (nSPS) is 15.7. The maximum Gasteiger partial charge on any atom is 0.261 e. The Morgan fingerprint density at radius 1 is 0.867 bits per heavy atom. The summed E-state index contributed by atoms with van der Waals surface area (Å²) in [6.07, 6.45) is 7.72. The minimum atomic E-state index is -0.0522. The van der Waals surface area contributed by atoms with Gasteiger partial charge in [-0.1, -0.05) is 18.2 Å². The van der Waals surface area contributed by atoms with E-state index in [4.69, 9.17) is 0 Å². The fourth-order valence-electron chi connectivity index (χ4n) is 4.26. The van der Waals surface area contributed by atoms with E-state index in [1.54, 1.807) is 12.4 Å². The highest BCUT2D eigenvalue weighted by Gasteiger charge is 2.23. The number of fused-ring (bicyclic) bond motifs is 1. The van der Waals surface area contributed by atoms with E-state index in [-0.39, 0.29) is 5.91 Å². The molecule has 30 heavy (non-hydrogen) atoms. The van der Waals surface area contributed by atoms with E-state index in [2.05, 4.69) is 38.4 Å². The molecule has 0 unspecified atom stereocenters. The molecule has 5 rings (SSSR count). The largest absolute Gasteiger partial charge is 0.372 e. The Balaban J connectivity index is 1.27. The molecule has 1 N–H and O–H groups in total. The third-order valence-corrected chi connectivity index (χ3v) is 5.85. The Morgan fingerprint density at radius 2 is 1.60 bits per heavy atom. The molecule has 0 saturated carbocycles. The zero-order valence-electron chi connectivity index (χ0n) is 16.9. The number of hydrogen-bond donors (Lipinski definition) is 1. The second-order valence-corrected chi connectivity index (χ2v) is 7.85. The van der Waals surface area contributed by atoms with E-state index in [9.17, 15) is 4.79 Å². The first-order valence-corrected chi connectivity index (χ1v) is 10.6. The average Bonchev–Trinajstić information content (AvgIpc) is 3.34. The molecule has 0 aliphatic carbocycles. The lowest BCUT2D eigenvalue weighted by Crippen LogP contribution is -2.35. The Morgan fingerprint density at radius 3 is 2.37 bits per heavy atom. The van der Waals surface area contributed by atoms with Gasteiger partial charge in [-0.05, 0) is 61.6 Å². The Kier molecular flexibility index (Phi) is 5.05. The molecule has 0 spiro atoms. The highest BCUT2D eigenvalue weighted by molar-refractivity contribution is 6.06. The van der Waals surface area contributed by atoms with E-state index in [1.165, 1.54) is 24.1 Å². The molecule has 2 aliphatic rings. The lowest BCUT2D eigenvalue weighted by molar-refractivity contribution is 0.0984. The fraction of sp³-hybridized carbons (Fsp3) is 0.292. The lowest BCUT2D eigenvalue weighted by atomic mass is 10.0. The number of amides is 1. The number of carbonyl (C=O) groups is 1. The van der Waals surface area contributed by atoms with Crippen molar-refractivity contribution in [1.29, 1.82) is 0 Å². The zero-order valence-corrected chi connectivity index (χ0v) is 16.9. The highest BCUT2D eigenvalue weighted by atomic mass is 16.2. The summed E-state index contributed by atoms with van der Waals surface area (Å²) in [4.78, 5) is 26.0. The molecule has 0 bridgehead atoms. The predicted molar refractivity (Wildman–Crippen MR) is 120 cm³/mol. The van der Waals surface area contributed by atoms with Crippen LogP contribution >= 0.6 is 0 Å². The summed E-state index contributed by atoms with van der Waals surface area (Å²) < 4.78 is 0. The molecule has 152 valence electrons. The molecule has 2 aliphatic heterocycles. The first kappa shape index (κ1) is 18.6. The van der Waals surface area contributed by atoms with Gasteiger partial charge in [-0.25, -0.2) is 9.97 Å². The molecule has 1 saturated heterocycles. The molecule has 0 atom stereocenters. The van der Waals surface area contributed by atoms with Gasteiger partial charge in [-0.3, -0.25) is 4.79 Å². The van der Waals surface area contributed by atoms with E-state index in [0.717, 1.165) is 43.9 Å². The average molecular weight is 399 g/mol. The van der Waals surface area contributed by atoms with Crippen molar-refractivity contribution in [2.24, 2.45) is 0 Å². The molecule has 3 heterocycles. The summed E-state index contributed by atoms with van der Waals surface area (Å²) in [6, 6.07) is 16.4. The van der Waals surface area contributed by atoms with Crippen LogP contribution in [0.3, 0.4) is 0 Å². The molecule has 1 fully saturated rings. The van der Waals surface area contributed by atoms with Crippen LogP contribution in [0, 0.1) is 0 Å². The summed E-state index contributed by atoms with van der Waals surface area (Å²) in [6.45, 7) is 2.99. The van der Waals surface area contributed by atoms with Gasteiger partial charge < -0.3 is 15.1 Å². The summed E-state index contributed by atoms with van der Waals surface area (Å²) in [7, 11) is 0. The van der Waals surface area contributed by atoms with E-state index < -0.39 is 0 Å². The zero-order chi connectivity index (χ0) is 20.3. The van der Waals surface area contributed by atoms with Crippen LogP contribution in [0.4, 0.5) is 23.0 Å². The van der Waals surface area contributed by atoms with Crippen LogP contribution in [-0.2, 0) is 6.42 Å². The Bertz CT molecular complexity index is 1030. The van der Waals surface area contributed by atoms with Crippen molar-refractivity contribution in [3.63, 3.8) is 0 Å². The standard InChI is InChI=1S/C24H25N5O/c30-23(29-15-5-7-18-6-1-2-8-22(18)29)19-16-25-24(26-17-19)27-20-9-11-21(12-10-20)28-13-3-4-14-28/h1-2,6,8-12,16-17H,3-5,7,13-15H2,(H,25,26,27). The predicted octanol–water partition coefficient (Wildman–Crippen LogP) is 4.41. The van der Waals surface area contributed by atoms with Crippen molar-refractivity contribution in [3.8, 4) is 0 Å². The third kappa shape index (κ3) is 3.73. The number of anilines is 4. The second-order valence-electron chi connectivity index (χ2n) is 7.85. The molecule has 6 nitrogen and oxygen atoms in total. The third-order valence-electron chi connectivity index (χ3n) is 5.85. The van der Waals surface area contributed by atoms with Crippen LogP contribution in [0.5, 0.6) is 0 Å². The fourth-order valence-corrected chi connectivity index (χ4v) is 4.26. The van der Waals surface area contributed by atoms with Gasteiger partial charge in [-0.2, -0.15) is 0 Å². The van der Waals surface area contributed by atoms with Crippen LogP contribution in [0.25, 0.3) is 0 Å². The number of nitrogens with one attached hydrogen (secondary N) is 1. The SMILES string of the molecule is O=C(c1cnc(Nc2ccc(N3CCCC3)cc2)nc1)N1CCCc2ccccc21. The van der Waals surface area contributed by atoms with Crippen LogP contribution in [-0.4, -0.2) is 35.5 Å². The van der Waals surface area contributed by atoms with Gasteiger partial charge in [0.25, 0.3) is 5.91 Å². The van der Waals surface area contributed by atoms with Crippen molar-refractivity contribution >= 4 is 28.9 Å². The molecular formula is C24H25N5O.